The summed E-state index contributed by atoms with van der Waals surface area (Å²) in [5.41, 5.74) is 0. The number of nitrogens with one attached hydrogen (secondary N) is 1. The number of hydrogen-bond donors (Lipinski definition) is 1. The average Bonchev–Trinajstić information content (AvgIpc) is 2.12. The van der Waals surface area contributed by atoms with Gasteiger partial charge in [0.25, 0.3) is 0 Å². The zero-order valence-corrected chi connectivity index (χ0v) is 10.1. The van der Waals surface area contributed by atoms with E-state index in [0.29, 0.717) is 19.6 Å². The van der Waals surface area contributed by atoms with Gasteiger partial charge in [0.05, 0.1) is 5.75 Å². The molecule has 1 N–H and O–H groups in total. The number of ether oxygens (including phenoxy) is 1. The van der Waals surface area contributed by atoms with E-state index in [1.54, 1.807) is 0 Å². The molecular formula is C9H21NO3S. The van der Waals surface area contributed by atoms with E-state index in [2.05, 4.69) is 4.72 Å². The molecule has 0 saturated heterocycles. The van der Waals surface area contributed by atoms with Gasteiger partial charge >= 0.3 is 0 Å². The van der Waals surface area contributed by atoms with Crippen LogP contribution in [0.1, 0.15) is 33.6 Å². The van der Waals surface area contributed by atoms with Crippen molar-refractivity contribution in [2.24, 2.45) is 0 Å². The zero-order valence-electron chi connectivity index (χ0n) is 9.25. The van der Waals surface area contributed by atoms with E-state index in [-0.39, 0.29) is 11.8 Å². The molecule has 0 aromatic carbocycles. The molecule has 0 aliphatic rings. The third-order valence-electron chi connectivity index (χ3n) is 1.90. The molecule has 86 valence electrons. The van der Waals surface area contributed by atoms with Gasteiger partial charge in [-0.05, 0) is 26.7 Å². The number of rotatable bonds is 8. The first-order valence-corrected chi connectivity index (χ1v) is 6.74. The maximum atomic E-state index is 11.4. The van der Waals surface area contributed by atoms with E-state index in [9.17, 15) is 8.42 Å². The van der Waals surface area contributed by atoms with Crippen LogP contribution in [0.4, 0.5) is 0 Å². The Kier molecular flexibility index (Phi) is 7.13. The highest BCUT2D eigenvalue weighted by atomic mass is 32.2. The molecule has 0 radical (unpaired) electrons. The van der Waals surface area contributed by atoms with E-state index < -0.39 is 10.0 Å². The molecule has 5 heteroatoms. The fourth-order valence-corrected chi connectivity index (χ4v) is 2.34. The lowest BCUT2D eigenvalue weighted by Gasteiger charge is -2.11. The predicted molar refractivity (Wildman–Crippen MR) is 57.8 cm³/mol. The summed E-state index contributed by atoms with van der Waals surface area (Å²) in [6.07, 6.45) is 1.37. The molecule has 0 bridgehead atoms. The Morgan fingerprint density at radius 3 is 2.50 bits per heavy atom. The van der Waals surface area contributed by atoms with Gasteiger partial charge in [0, 0.05) is 19.3 Å². The van der Waals surface area contributed by atoms with Gasteiger partial charge in [-0.1, -0.05) is 6.92 Å². The first-order chi connectivity index (χ1) is 6.52. The molecule has 0 fully saturated rings. The van der Waals surface area contributed by atoms with Gasteiger partial charge < -0.3 is 4.74 Å². The molecule has 0 aromatic heterocycles. The molecule has 0 spiro atoms. The topological polar surface area (TPSA) is 55.4 Å². The molecule has 1 atom stereocenters. The molecule has 0 aliphatic heterocycles. The predicted octanol–water partition coefficient (Wildman–Crippen LogP) is 1.13. The van der Waals surface area contributed by atoms with Gasteiger partial charge in [-0.15, -0.1) is 0 Å². The summed E-state index contributed by atoms with van der Waals surface area (Å²) in [6, 6.07) is 0.0205. The van der Waals surface area contributed by atoms with Crippen LogP contribution >= 0.6 is 0 Å². The summed E-state index contributed by atoms with van der Waals surface area (Å²) in [7, 11) is -3.10. The van der Waals surface area contributed by atoms with E-state index in [1.165, 1.54) is 0 Å². The highest BCUT2D eigenvalue weighted by Gasteiger charge is 2.12. The van der Waals surface area contributed by atoms with Crippen LogP contribution in [0.5, 0.6) is 0 Å². The van der Waals surface area contributed by atoms with Gasteiger partial charge in [0.2, 0.25) is 10.0 Å². The van der Waals surface area contributed by atoms with Crippen molar-refractivity contribution >= 4 is 10.0 Å². The summed E-state index contributed by atoms with van der Waals surface area (Å²) < 4.78 is 30.5. The molecule has 0 saturated carbocycles. The highest BCUT2D eigenvalue weighted by Crippen LogP contribution is 1.96. The smallest absolute Gasteiger partial charge is 0.211 e. The van der Waals surface area contributed by atoms with Crippen molar-refractivity contribution in [1.29, 1.82) is 0 Å². The van der Waals surface area contributed by atoms with Gasteiger partial charge in [0.1, 0.15) is 0 Å². The Balaban J connectivity index is 3.73. The van der Waals surface area contributed by atoms with E-state index in [0.717, 1.165) is 6.42 Å². The Hall–Kier alpha value is -0.130. The van der Waals surface area contributed by atoms with Crippen molar-refractivity contribution in [2.45, 2.75) is 39.7 Å². The Bertz CT molecular complexity index is 226. The third-order valence-corrected chi connectivity index (χ3v) is 3.49. The standard InChI is InChI=1S/C9H21NO3S/c1-4-9(3)10-14(11,12)8-6-7-13-5-2/h9-10H,4-8H2,1-3H3. The summed E-state index contributed by atoms with van der Waals surface area (Å²) in [4.78, 5) is 0. The lowest BCUT2D eigenvalue weighted by atomic mass is 10.3. The summed E-state index contributed by atoms with van der Waals surface area (Å²) in [5.74, 6) is 0.150. The number of sulfonamides is 1. The number of hydrogen-bond acceptors (Lipinski definition) is 3. The SMILES string of the molecule is CCOCCCS(=O)(=O)NC(C)CC. The Morgan fingerprint density at radius 2 is 2.00 bits per heavy atom. The van der Waals surface area contributed by atoms with Crippen LogP contribution in [-0.4, -0.2) is 33.4 Å². The first-order valence-electron chi connectivity index (χ1n) is 5.09. The van der Waals surface area contributed by atoms with E-state index >= 15 is 0 Å². The van der Waals surface area contributed by atoms with Crippen LogP contribution < -0.4 is 4.72 Å². The van der Waals surface area contributed by atoms with Crippen LogP contribution in [0, 0.1) is 0 Å². The largest absolute Gasteiger partial charge is 0.382 e. The summed E-state index contributed by atoms with van der Waals surface area (Å²) >= 11 is 0. The Morgan fingerprint density at radius 1 is 1.36 bits per heavy atom. The van der Waals surface area contributed by atoms with Crippen molar-refractivity contribution in [1.82, 2.24) is 4.72 Å². The van der Waals surface area contributed by atoms with Crippen LogP contribution in [0.2, 0.25) is 0 Å². The van der Waals surface area contributed by atoms with Crippen molar-refractivity contribution in [3.63, 3.8) is 0 Å². The van der Waals surface area contributed by atoms with Crippen molar-refractivity contribution in [3.8, 4) is 0 Å². The molecule has 14 heavy (non-hydrogen) atoms. The second-order valence-electron chi connectivity index (χ2n) is 3.30. The minimum absolute atomic E-state index is 0.0205. The lowest BCUT2D eigenvalue weighted by molar-refractivity contribution is 0.148. The van der Waals surface area contributed by atoms with Gasteiger partial charge in [0.15, 0.2) is 0 Å². The highest BCUT2D eigenvalue weighted by molar-refractivity contribution is 7.89. The van der Waals surface area contributed by atoms with Crippen LogP contribution in [0.15, 0.2) is 0 Å². The lowest BCUT2D eigenvalue weighted by Crippen LogP contribution is -2.34. The molecule has 1 unspecified atom stereocenters. The quantitative estimate of drug-likeness (QED) is 0.628. The maximum Gasteiger partial charge on any atom is 0.211 e. The summed E-state index contributed by atoms with van der Waals surface area (Å²) in [5, 5.41) is 0. The third kappa shape index (κ3) is 7.29. The minimum atomic E-state index is -3.10. The molecule has 0 rings (SSSR count). The van der Waals surface area contributed by atoms with E-state index in [4.69, 9.17) is 4.74 Å². The van der Waals surface area contributed by atoms with Gasteiger partial charge in [-0.25, -0.2) is 13.1 Å². The van der Waals surface area contributed by atoms with Gasteiger partial charge in [-0.3, -0.25) is 0 Å². The first kappa shape index (κ1) is 13.9. The van der Waals surface area contributed by atoms with Crippen LogP contribution in [-0.2, 0) is 14.8 Å². The van der Waals surface area contributed by atoms with Crippen molar-refractivity contribution in [3.05, 3.63) is 0 Å². The fourth-order valence-electron chi connectivity index (χ4n) is 0.944. The second-order valence-corrected chi connectivity index (χ2v) is 5.17. The van der Waals surface area contributed by atoms with Crippen molar-refractivity contribution < 1.29 is 13.2 Å². The minimum Gasteiger partial charge on any atom is -0.382 e. The maximum absolute atomic E-state index is 11.4. The fraction of sp³-hybridized carbons (Fsp3) is 1.00. The second kappa shape index (κ2) is 7.20. The van der Waals surface area contributed by atoms with Crippen LogP contribution in [0.25, 0.3) is 0 Å². The molecular weight excluding hydrogens is 202 g/mol. The molecule has 0 heterocycles. The van der Waals surface area contributed by atoms with E-state index in [1.807, 2.05) is 20.8 Å². The monoisotopic (exact) mass is 223 g/mol. The van der Waals surface area contributed by atoms with Crippen molar-refractivity contribution in [2.75, 3.05) is 19.0 Å². The molecule has 4 nitrogen and oxygen atoms in total. The molecule has 0 aromatic rings. The molecule has 0 aliphatic carbocycles. The van der Waals surface area contributed by atoms with Gasteiger partial charge in [-0.2, -0.15) is 0 Å². The zero-order chi connectivity index (χ0) is 11.0. The molecule has 0 amide bonds. The van der Waals surface area contributed by atoms with Crippen LogP contribution in [0.3, 0.4) is 0 Å². The summed E-state index contributed by atoms with van der Waals surface area (Å²) in [6.45, 7) is 6.86. The average molecular weight is 223 g/mol. The Labute approximate surface area is 87.1 Å². The normalized spacial score (nSPS) is 14.2.